The van der Waals surface area contributed by atoms with Gasteiger partial charge in [-0.05, 0) is 37.2 Å². The molecule has 0 aromatic heterocycles. The Hall–Kier alpha value is -1.06. The van der Waals surface area contributed by atoms with Gasteiger partial charge in [-0.1, -0.05) is 50.1 Å². The summed E-state index contributed by atoms with van der Waals surface area (Å²) in [7, 11) is 0. The SMILES string of the molecule is CCC1(CNC(=O)C(C)(N)c2ccccc2)CCCC1.Cl. The number of amides is 1. The average Bonchev–Trinajstić information content (AvgIpc) is 2.95. The zero-order valence-electron chi connectivity index (χ0n) is 13.0. The Morgan fingerprint density at radius 3 is 2.38 bits per heavy atom. The Bertz CT molecular complexity index is 453. The number of carbonyl (C=O) groups excluding carboxylic acids is 1. The summed E-state index contributed by atoms with van der Waals surface area (Å²) in [5.74, 6) is -0.0802. The summed E-state index contributed by atoms with van der Waals surface area (Å²) in [6, 6.07) is 9.58. The third kappa shape index (κ3) is 3.98. The van der Waals surface area contributed by atoms with E-state index in [9.17, 15) is 4.79 Å². The molecule has 1 fully saturated rings. The summed E-state index contributed by atoms with van der Waals surface area (Å²) in [5, 5.41) is 3.09. The van der Waals surface area contributed by atoms with Crippen molar-refractivity contribution in [2.75, 3.05) is 6.54 Å². The average molecular weight is 311 g/mol. The molecule has 1 aliphatic rings. The highest BCUT2D eigenvalue weighted by molar-refractivity contribution is 5.87. The van der Waals surface area contributed by atoms with Crippen molar-refractivity contribution in [1.82, 2.24) is 5.32 Å². The maximum absolute atomic E-state index is 12.4. The highest BCUT2D eigenvalue weighted by atomic mass is 35.5. The van der Waals surface area contributed by atoms with E-state index in [2.05, 4.69) is 12.2 Å². The van der Waals surface area contributed by atoms with Crippen LogP contribution in [-0.2, 0) is 10.3 Å². The first-order valence-corrected chi connectivity index (χ1v) is 7.63. The molecule has 0 aliphatic heterocycles. The van der Waals surface area contributed by atoms with Crippen LogP contribution >= 0.6 is 12.4 Å². The van der Waals surface area contributed by atoms with Gasteiger partial charge in [0.15, 0.2) is 0 Å². The van der Waals surface area contributed by atoms with Gasteiger partial charge in [0.1, 0.15) is 5.54 Å². The second-order valence-corrected chi connectivity index (χ2v) is 6.31. The van der Waals surface area contributed by atoms with Gasteiger partial charge in [0.2, 0.25) is 5.91 Å². The second kappa shape index (κ2) is 7.28. The molecule has 0 heterocycles. The van der Waals surface area contributed by atoms with Crippen molar-refractivity contribution >= 4 is 18.3 Å². The summed E-state index contributed by atoms with van der Waals surface area (Å²) in [5.41, 5.74) is 6.43. The van der Waals surface area contributed by atoms with Crippen LogP contribution in [0.1, 0.15) is 51.5 Å². The molecule has 118 valence electrons. The number of nitrogens with two attached hydrogens (primary N) is 1. The molecule has 1 saturated carbocycles. The normalized spacial score (nSPS) is 19.4. The fourth-order valence-corrected chi connectivity index (χ4v) is 3.15. The Labute approximate surface area is 134 Å². The first kappa shape index (κ1) is 18.0. The lowest BCUT2D eigenvalue weighted by Gasteiger charge is -2.31. The van der Waals surface area contributed by atoms with Crippen LogP contribution in [0, 0.1) is 5.41 Å². The highest BCUT2D eigenvalue weighted by Gasteiger charge is 2.35. The van der Waals surface area contributed by atoms with Gasteiger partial charge < -0.3 is 11.1 Å². The van der Waals surface area contributed by atoms with E-state index in [-0.39, 0.29) is 18.3 Å². The quantitative estimate of drug-likeness (QED) is 0.876. The van der Waals surface area contributed by atoms with Crippen LogP contribution in [0.15, 0.2) is 30.3 Å². The van der Waals surface area contributed by atoms with Gasteiger partial charge in [0.05, 0.1) is 0 Å². The van der Waals surface area contributed by atoms with Crippen molar-refractivity contribution in [2.45, 2.75) is 51.5 Å². The minimum Gasteiger partial charge on any atom is -0.354 e. The molecule has 1 aromatic carbocycles. The zero-order valence-corrected chi connectivity index (χ0v) is 13.8. The third-order valence-corrected chi connectivity index (χ3v) is 4.88. The van der Waals surface area contributed by atoms with E-state index in [0.717, 1.165) is 18.5 Å². The van der Waals surface area contributed by atoms with Crippen molar-refractivity contribution in [3.63, 3.8) is 0 Å². The summed E-state index contributed by atoms with van der Waals surface area (Å²) >= 11 is 0. The van der Waals surface area contributed by atoms with Crippen LogP contribution in [0.4, 0.5) is 0 Å². The molecule has 1 unspecified atom stereocenters. The number of nitrogens with one attached hydrogen (secondary N) is 1. The van der Waals surface area contributed by atoms with Crippen LogP contribution in [0.5, 0.6) is 0 Å². The molecule has 0 bridgehead atoms. The maximum Gasteiger partial charge on any atom is 0.244 e. The lowest BCUT2D eigenvalue weighted by molar-refractivity contribution is -0.126. The molecule has 1 atom stereocenters. The van der Waals surface area contributed by atoms with Gasteiger partial charge in [-0.15, -0.1) is 12.4 Å². The predicted molar refractivity (Wildman–Crippen MR) is 89.4 cm³/mol. The molecular weight excluding hydrogens is 284 g/mol. The predicted octanol–water partition coefficient (Wildman–Crippen LogP) is 3.37. The maximum atomic E-state index is 12.4. The minimum atomic E-state index is -0.963. The number of hydrogen-bond donors (Lipinski definition) is 2. The van der Waals surface area contributed by atoms with Crippen LogP contribution in [-0.4, -0.2) is 12.5 Å². The zero-order chi connectivity index (χ0) is 14.6. The van der Waals surface area contributed by atoms with Crippen molar-refractivity contribution in [3.8, 4) is 0 Å². The number of hydrogen-bond acceptors (Lipinski definition) is 2. The van der Waals surface area contributed by atoms with E-state index in [1.165, 1.54) is 25.7 Å². The van der Waals surface area contributed by atoms with Crippen LogP contribution in [0.25, 0.3) is 0 Å². The third-order valence-electron chi connectivity index (χ3n) is 4.88. The molecule has 1 aliphatic carbocycles. The van der Waals surface area contributed by atoms with Crippen molar-refractivity contribution in [3.05, 3.63) is 35.9 Å². The molecule has 4 heteroatoms. The molecule has 0 saturated heterocycles. The van der Waals surface area contributed by atoms with E-state index in [0.29, 0.717) is 5.41 Å². The van der Waals surface area contributed by atoms with Gasteiger partial charge in [0.25, 0.3) is 0 Å². The smallest absolute Gasteiger partial charge is 0.244 e. The Morgan fingerprint density at radius 1 is 1.29 bits per heavy atom. The molecular formula is C17H27ClN2O. The molecule has 2 rings (SSSR count). The van der Waals surface area contributed by atoms with Crippen LogP contribution in [0.3, 0.4) is 0 Å². The largest absolute Gasteiger partial charge is 0.354 e. The number of benzene rings is 1. The lowest BCUT2D eigenvalue weighted by atomic mass is 9.83. The number of halogens is 1. The van der Waals surface area contributed by atoms with Gasteiger partial charge in [-0.3, -0.25) is 4.79 Å². The molecule has 0 radical (unpaired) electrons. The van der Waals surface area contributed by atoms with Crippen molar-refractivity contribution in [1.29, 1.82) is 0 Å². The summed E-state index contributed by atoms with van der Waals surface area (Å²) in [6.45, 7) is 4.75. The van der Waals surface area contributed by atoms with Crippen LogP contribution < -0.4 is 11.1 Å². The first-order chi connectivity index (χ1) is 9.50. The van der Waals surface area contributed by atoms with E-state index in [1.807, 2.05) is 30.3 Å². The Morgan fingerprint density at radius 2 is 1.86 bits per heavy atom. The standard InChI is InChI=1S/C17H26N2O.ClH/c1-3-17(11-7-8-12-17)13-19-15(20)16(2,18)14-9-5-4-6-10-14;/h4-6,9-10H,3,7-8,11-13,18H2,1-2H3,(H,19,20);1H. The number of carbonyl (C=O) groups is 1. The molecule has 21 heavy (non-hydrogen) atoms. The van der Waals surface area contributed by atoms with Gasteiger partial charge in [0, 0.05) is 6.54 Å². The summed E-state index contributed by atoms with van der Waals surface area (Å²) < 4.78 is 0. The Balaban J connectivity index is 0.00000220. The fraction of sp³-hybridized carbons (Fsp3) is 0.588. The summed E-state index contributed by atoms with van der Waals surface area (Å²) in [4.78, 5) is 12.4. The minimum absolute atomic E-state index is 0. The van der Waals surface area contributed by atoms with Crippen LogP contribution in [0.2, 0.25) is 0 Å². The second-order valence-electron chi connectivity index (χ2n) is 6.31. The van der Waals surface area contributed by atoms with E-state index < -0.39 is 5.54 Å². The highest BCUT2D eigenvalue weighted by Crippen LogP contribution is 2.40. The van der Waals surface area contributed by atoms with E-state index >= 15 is 0 Å². The lowest BCUT2D eigenvalue weighted by Crippen LogP contribution is -2.51. The molecule has 1 amide bonds. The molecule has 3 N–H and O–H groups in total. The molecule has 0 spiro atoms. The summed E-state index contributed by atoms with van der Waals surface area (Å²) in [6.07, 6.45) is 6.12. The number of rotatable bonds is 5. The fourth-order valence-electron chi connectivity index (χ4n) is 3.15. The van der Waals surface area contributed by atoms with Crippen molar-refractivity contribution in [2.24, 2.45) is 11.1 Å². The van der Waals surface area contributed by atoms with Crippen molar-refractivity contribution < 1.29 is 4.79 Å². The monoisotopic (exact) mass is 310 g/mol. The van der Waals surface area contributed by atoms with Gasteiger partial charge in [-0.2, -0.15) is 0 Å². The van der Waals surface area contributed by atoms with Gasteiger partial charge in [-0.25, -0.2) is 0 Å². The van der Waals surface area contributed by atoms with Gasteiger partial charge >= 0.3 is 0 Å². The molecule has 3 nitrogen and oxygen atoms in total. The Kier molecular flexibility index (Phi) is 6.24. The topological polar surface area (TPSA) is 55.1 Å². The molecule has 1 aromatic rings. The van der Waals surface area contributed by atoms with E-state index in [4.69, 9.17) is 5.73 Å². The van der Waals surface area contributed by atoms with E-state index in [1.54, 1.807) is 6.92 Å². The first-order valence-electron chi connectivity index (χ1n) is 7.63.